The van der Waals surface area contributed by atoms with Gasteiger partial charge in [0.05, 0.1) is 0 Å². The Kier molecular flexibility index (Phi) is 12.1. The summed E-state index contributed by atoms with van der Waals surface area (Å²) in [6.07, 6.45) is 17.3. The van der Waals surface area contributed by atoms with E-state index in [1.54, 1.807) is 0 Å². The van der Waals surface area contributed by atoms with Crippen molar-refractivity contribution in [3.05, 3.63) is 53.5 Å². The first-order chi connectivity index (χ1) is 9.95. The average molecular weight is 288 g/mol. The highest BCUT2D eigenvalue weighted by Crippen LogP contribution is 2.13. The second-order valence-corrected chi connectivity index (χ2v) is 6.34. The smallest absolute Gasteiger partial charge is 0.0288 e. The molecule has 0 bridgehead atoms. The van der Waals surface area contributed by atoms with Gasteiger partial charge in [-0.2, -0.15) is 0 Å². The van der Waals surface area contributed by atoms with Crippen LogP contribution in [-0.4, -0.2) is 0 Å². The van der Waals surface area contributed by atoms with Gasteiger partial charge in [0, 0.05) is 0 Å². The lowest BCUT2D eigenvalue weighted by atomic mass is 10.0. The third-order valence-electron chi connectivity index (χ3n) is 3.65. The van der Waals surface area contributed by atoms with Gasteiger partial charge in [-0.15, -0.1) is 0 Å². The molecule has 0 nitrogen and oxygen atoms in total. The summed E-state index contributed by atoms with van der Waals surface area (Å²) in [7, 11) is 0. The summed E-state index contributed by atoms with van der Waals surface area (Å²) < 4.78 is 0. The van der Waals surface area contributed by atoms with Gasteiger partial charge < -0.3 is 0 Å². The molecule has 0 saturated carbocycles. The van der Waals surface area contributed by atoms with E-state index < -0.39 is 0 Å². The Morgan fingerprint density at radius 1 is 0.619 bits per heavy atom. The second kappa shape index (κ2) is 12.7. The summed E-state index contributed by atoms with van der Waals surface area (Å²) >= 11 is 0. The molecule has 0 amide bonds. The van der Waals surface area contributed by atoms with Gasteiger partial charge in [0.15, 0.2) is 0 Å². The van der Waals surface area contributed by atoms with E-state index in [-0.39, 0.29) is 0 Å². The van der Waals surface area contributed by atoms with Gasteiger partial charge in [-0.3, -0.25) is 0 Å². The minimum atomic E-state index is 0.908. The number of hydrogen-bond acceptors (Lipinski definition) is 0. The molecular formula is C21H35. The highest BCUT2D eigenvalue weighted by atomic mass is 14.0. The van der Waals surface area contributed by atoms with E-state index in [1.165, 1.54) is 54.4 Å². The lowest BCUT2D eigenvalue weighted by Gasteiger charge is -2.02. The van der Waals surface area contributed by atoms with E-state index in [0.29, 0.717) is 0 Å². The maximum absolute atomic E-state index is 3.85. The normalized spacial score (nSPS) is 13.5. The van der Waals surface area contributed by atoms with Crippen molar-refractivity contribution in [2.45, 2.75) is 79.6 Å². The van der Waals surface area contributed by atoms with Crippen molar-refractivity contribution in [1.82, 2.24) is 0 Å². The van der Waals surface area contributed by atoms with Crippen LogP contribution in [0, 0.1) is 6.92 Å². The minimum Gasteiger partial charge on any atom is -0.0856 e. The molecule has 0 spiro atoms. The summed E-state index contributed by atoms with van der Waals surface area (Å²) in [4.78, 5) is 0. The van der Waals surface area contributed by atoms with Crippen LogP contribution in [-0.2, 0) is 0 Å². The molecule has 0 heterocycles. The molecule has 0 aromatic rings. The molecule has 0 unspecified atom stereocenters. The Bertz CT molecular complexity index is 384. The van der Waals surface area contributed by atoms with E-state index in [9.17, 15) is 0 Å². The van der Waals surface area contributed by atoms with Crippen LogP contribution in [0.2, 0.25) is 0 Å². The van der Waals surface area contributed by atoms with Gasteiger partial charge >= 0.3 is 0 Å². The fraction of sp³-hybridized carbons (Fsp3) is 0.571. The SMILES string of the molecule is [CH2]CC=C(C)CCC=C(C)CCC=C(C)CCC=C(C)C. The van der Waals surface area contributed by atoms with Crippen molar-refractivity contribution in [2.24, 2.45) is 0 Å². The van der Waals surface area contributed by atoms with Gasteiger partial charge in [0.1, 0.15) is 0 Å². The standard InChI is InChI=1S/C21H35/c1-7-11-19(4)14-9-15-21(6)17-10-16-20(5)13-8-12-18(2)3/h11-12,15-16H,1,7-10,13-14,17H2,2-6H3. The van der Waals surface area contributed by atoms with Crippen molar-refractivity contribution in [3.8, 4) is 0 Å². The van der Waals surface area contributed by atoms with Crippen LogP contribution < -0.4 is 0 Å². The van der Waals surface area contributed by atoms with Crippen LogP contribution in [0.1, 0.15) is 79.6 Å². The Morgan fingerprint density at radius 3 is 1.38 bits per heavy atom. The lowest BCUT2D eigenvalue weighted by molar-refractivity contribution is 0.898. The molecule has 1 radical (unpaired) electrons. The zero-order valence-electron chi connectivity index (χ0n) is 15.0. The van der Waals surface area contributed by atoms with Gasteiger partial charge in [-0.05, 0) is 86.5 Å². The minimum absolute atomic E-state index is 0.908. The van der Waals surface area contributed by atoms with Crippen LogP contribution in [0.3, 0.4) is 0 Å². The Balaban J connectivity index is 3.93. The Morgan fingerprint density at radius 2 is 1.00 bits per heavy atom. The van der Waals surface area contributed by atoms with Crippen LogP contribution in [0.4, 0.5) is 0 Å². The number of rotatable bonds is 10. The summed E-state index contributed by atoms with van der Waals surface area (Å²) in [5.74, 6) is 0. The lowest BCUT2D eigenvalue weighted by Crippen LogP contribution is -1.82. The highest BCUT2D eigenvalue weighted by Gasteiger charge is 1.93. The molecule has 0 aromatic carbocycles. The van der Waals surface area contributed by atoms with Crippen LogP contribution >= 0.6 is 0 Å². The van der Waals surface area contributed by atoms with E-state index in [0.717, 1.165) is 12.8 Å². The van der Waals surface area contributed by atoms with Gasteiger partial charge in [0.25, 0.3) is 0 Å². The molecule has 0 N–H and O–H groups in total. The first-order valence-electron chi connectivity index (χ1n) is 8.35. The molecule has 21 heavy (non-hydrogen) atoms. The molecule has 119 valence electrons. The van der Waals surface area contributed by atoms with E-state index in [4.69, 9.17) is 0 Å². The summed E-state index contributed by atoms with van der Waals surface area (Å²) in [5.41, 5.74) is 5.93. The number of allylic oxidation sites excluding steroid dienone is 8. The molecule has 0 atom stereocenters. The molecule has 0 aliphatic carbocycles. The van der Waals surface area contributed by atoms with Gasteiger partial charge in [-0.25, -0.2) is 0 Å². The van der Waals surface area contributed by atoms with Gasteiger partial charge in [0.2, 0.25) is 0 Å². The zero-order chi connectivity index (χ0) is 16.1. The maximum atomic E-state index is 3.85. The first kappa shape index (κ1) is 20.0. The van der Waals surface area contributed by atoms with Crippen molar-refractivity contribution in [1.29, 1.82) is 0 Å². The molecule has 0 fully saturated rings. The fourth-order valence-corrected chi connectivity index (χ4v) is 2.23. The average Bonchev–Trinajstić information content (AvgIpc) is 2.38. The predicted octanol–water partition coefficient (Wildman–Crippen LogP) is 7.36. The van der Waals surface area contributed by atoms with E-state index in [1.807, 2.05) is 0 Å². The number of hydrogen-bond donors (Lipinski definition) is 0. The second-order valence-electron chi connectivity index (χ2n) is 6.34. The largest absolute Gasteiger partial charge is 0.0856 e. The maximum Gasteiger partial charge on any atom is -0.0288 e. The first-order valence-corrected chi connectivity index (χ1v) is 8.35. The monoisotopic (exact) mass is 287 g/mol. The predicted molar refractivity (Wildman–Crippen MR) is 98.4 cm³/mol. The molecule has 0 saturated heterocycles. The molecule has 0 aliphatic rings. The van der Waals surface area contributed by atoms with Crippen molar-refractivity contribution in [2.75, 3.05) is 0 Å². The fourth-order valence-electron chi connectivity index (χ4n) is 2.23. The van der Waals surface area contributed by atoms with Crippen molar-refractivity contribution < 1.29 is 0 Å². The van der Waals surface area contributed by atoms with Crippen LogP contribution in [0.25, 0.3) is 0 Å². The van der Waals surface area contributed by atoms with Gasteiger partial charge in [-0.1, -0.05) is 46.6 Å². The van der Waals surface area contributed by atoms with Crippen molar-refractivity contribution >= 4 is 0 Å². The zero-order valence-corrected chi connectivity index (χ0v) is 15.0. The highest BCUT2D eigenvalue weighted by molar-refractivity contribution is 5.07. The molecule has 0 rings (SSSR count). The summed E-state index contributed by atoms with van der Waals surface area (Å²) in [6.45, 7) is 14.9. The summed E-state index contributed by atoms with van der Waals surface area (Å²) in [6, 6.07) is 0. The van der Waals surface area contributed by atoms with Crippen LogP contribution in [0.15, 0.2) is 46.6 Å². The molecule has 0 heteroatoms. The van der Waals surface area contributed by atoms with Crippen molar-refractivity contribution in [3.63, 3.8) is 0 Å². The third kappa shape index (κ3) is 13.7. The Labute approximate surface area is 133 Å². The molecular weight excluding hydrogens is 252 g/mol. The van der Waals surface area contributed by atoms with Crippen LogP contribution in [0.5, 0.6) is 0 Å². The molecule has 0 aliphatic heterocycles. The Hall–Kier alpha value is -1.04. The quantitative estimate of drug-likeness (QED) is 0.368. The topological polar surface area (TPSA) is 0 Å². The van der Waals surface area contributed by atoms with E-state index in [2.05, 4.69) is 65.8 Å². The third-order valence-corrected chi connectivity index (χ3v) is 3.65. The molecule has 0 aromatic heterocycles. The van der Waals surface area contributed by atoms with E-state index >= 15 is 0 Å². The summed E-state index contributed by atoms with van der Waals surface area (Å²) in [5, 5.41) is 0.